The predicted octanol–water partition coefficient (Wildman–Crippen LogP) is 2.87. The summed E-state index contributed by atoms with van der Waals surface area (Å²) < 4.78 is 5.57. The van der Waals surface area contributed by atoms with E-state index >= 15 is 0 Å². The Labute approximate surface area is 149 Å². The van der Waals surface area contributed by atoms with Gasteiger partial charge in [0.15, 0.2) is 6.61 Å². The first-order valence-electron chi connectivity index (χ1n) is 8.53. The molecule has 2 rings (SSSR count). The normalized spacial score (nSPS) is 11.8. The van der Waals surface area contributed by atoms with E-state index in [0.717, 1.165) is 23.2 Å². The third-order valence-corrected chi connectivity index (χ3v) is 3.91. The number of rotatable bonds is 9. The highest BCUT2D eigenvalue weighted by Crippen LogP contribution is 2.14. The van der Waals surface area contributed by atoms with Gasteiger partial charge in [-0.05, 0) is 43.2 Å². The van der Waals surface area contributed by atoms with Crippen molar-refractivity contribution in [2.45, 2.75) is 32.9 Å². The Morgan fingerprint density at radius 2 is 1.96 bits per heavy atom. The van der Waals surface area contributed by atoms with Gasteiger partial charge in [-0.15, -0.1) is 0 Å². The molecule has 1 unspecified atom stereocenters. The number of benzene rings is 2. The van der Waals surface area contributed by atoms with E-state index in [1.807, 2.05) is 62.4 Å². The lowest BCUT2D eigenvalue weighted by Gasteiger charge is -2.14. The summed E-state index contributed by atoms with van der Waals surface area (Å²) in [5.74, 6) is 0.453. The number of aryl methyl sites for hydroxylation is 1. The van der Waals surface area contributed by atoms with Crippen LogP contribution in [0, 0.1) is 6.92 Å². The number of aliphatic hydroxyl groups is 1. The van der Waals surface area contributed by atoms with Gasteiger partial charge in [0, 0.05) is 18.3 Å². The van der Waals surface area contributed by atoms with Crippen LogP contribution in [0.2, 0.25) is 0 Å². The zero-order valence-corrected chi connectivity index (χ0v) is 14.8. The number of amides is 1. The van der Waals surface area contributed by atoms with E-state index in [0.29, 0.717) is 12.3 Å². The Kier molecular flexibility index (Phi) is 7.44. The monoisotopic (exact) mass is 342 g/mol. The van der Waals surface area contributed by atoms with Gasteiger partial charge in [0.25, 0.3) is 5.91 Å². The molecular formula is C20H26N2O3. The maximum Gasteiger partial charge on any atom is 0.262 e. The molecule has 0 aliphatic rings. The molecule has 0 aliphatic heterocycles. The van der Waals surface area contributed by atoms with E-state index < -0.39 is 0 Å². The lowest BCUT2D eigenvalue weighted by molar-refractivity contribution is -0.118. The molecule has 5 heteroatoms. The number of nitrogens with one attached hydrogen (secondary N) is 2. The maximum absolute atomic E-state index is 12.0. The van der Waals surface area contributed by atoms with E-state index in [2.05, 4.69) is 10.6 Å². The molecule has 3 N–H and O–H groups in total. The first-order valence-corrected chi connectivity index (χ1v) is 8.53. The maximum atomic E-state index is 12.0. The Hall–Kier alpha value is -2.37. The minimum atomic E-state index is -0.196. The van der Waals surface area contributed by atoms with Crippen LogP contribution in [0.5, 0.6) is 5.75 Å². The zero-order valence-electron chi connectivity index (χ0n) is 14.8. The average Bonchev–Trinajstić information content (AvgIpc) is 2.63. The molecule has 2 aromatic rings. The lowest BCUT2D eigenvalue weighted by atomic mass is 10.2. The van der Waals surface area contributed by atoms with Gasteiger partial charge in [0.05, 0.1) is 6.61 Å². The van der Waals surface area contributed by atoms with E-state index in [1.165, 1.54) is 0 Å². The second kappa shape index (κ2) is 9.81. The highest BCUT2D eigenvalue weighted by atomic mass is 16.5. The van der Waals surface area contributed by atoms with Crippen LogP contribution < -0.4 is 15.4 Å². The van der Waals surface area contributed by atoms with Crippen LogP contribution in [0.4, 0.5) is 5.69 Å². The SMILES string of the molecule is CCC(CO)NCc1cccc(OCC(=O)Nc2ccc(C)cc2)c1. The Morgan fingerprint density at radius 3 is 2.64 bits per heavy atom. The van der Waals surface area contributed by atoms with Crippen LogP contribution in [0.3, 0.4) is 0 Å². The van der Waals surface area contributed by atoms with Crippen LogP contribution in [0.25, 0.3) is 0 Å². The van der Waals surface area contributed by atoms with Crippen molar-refractivity contribution in [1.29, 1.82) is 0 Å². The summed E-state index contributed by atoms with van der Waals surface area (Å²) in [5, 5.41) is 15.3. The summed E-state index contributed by atoms with van der Waals surface area (Å²) in [6, 6.07) is 15.3. The fourth-order valence-corrected chi connectivity index (χ4v) is 2.33. The number of ether oxygens (including phenoxy) is 1. The molecule has 0 saturated carbocycles. The van der Waals surface area contributed by atoms with Gasteiger partial charge in [-0.2, -0.15) is 0 Å². The van der Waals surface area contributed by atoms with Crippen molar-refractivity contribution in [2.75, 3.05) is 18.5 Å². The minimum Gasteiger partial charge on any atom is -0.484 e. The van der Waals surface area contributed by atoms with Gasteiger partial charge in [-0.3, -0.25) is 4.79 Å². The summed E-state index contributed by atoms with van der Waals surface area (Å²) in [6.07, 6.45) is 0.867. The molecule has 0 heterocycles. The second-order valence-corrected chi connectivity index (χ2v) is 6.02. The first-order chi connectivity index (χ1) is 12.1. The van der Waals surface area contributed by atoms with Crippen molar-refractivity contribution in [1.82, 2.24) is 5.32 Å². The van der Waals surface area contributed by atoms with E-state index in [4.69, 9.17) is 4.74 Å². The van der Waals surface area contributed by atoms with E-state index in [1.54, 1.807) is 0 Å². The first kappa shape index (κ1) is 19.0. The predicted molar refractivity (Wildman–Crippen MR) is 99.8 cm³/mol. The topological polar surface area (TPSA) is 70.6 Å². The third-order valence-electron chi connectivity index (χ3n) is 3.91. The Balaban J connectivity index is 1.82. The van der Waals surface area contributed by atoms with Gasteiger partial charge in [-0.1, -0.05) is 36.8 Å². The van der Waals surface area contributed by atoms with Crippen LogP contribution >= 0.6 is 0 Å². The molecule has 25 heavy (non-hydrogen) atoms. The fraction of sp³-hybridized carbons (Fsp3) is 0.350. The van der Waals surface area contributed by atoms with Gasteiger partial charge in [-0.25, -0.2) is 0 Å². The molecule has 2 aromatic carbocycles. The number of carbonyl (C=O) groups is 1. The molecule has 1 amide bonds. The standard InChI is InChI=1S/C20H26N2O3/c1-3-17(13-23)21-12-16-5-4-6-19(11-16)25-14-20(24)22-18-9-7-15(2)8-10-18/h4-11,17,21,23H,3,12-14H2,1-2H3,(H,22,24). The van der Waals surface area contributed by atoms with Crippen molar-refractivity contribution in [3.05, 3.63) is 59.7 Å². The van der Waals surface area contributed by atoms with Crippen LogP contribution in [0.15, 0.2) is 48.5 Å². The summed E-state index contributed by atoms with van der Waals surface area (Å²) in [4.78, 5) is 12.0. The van der Waals surface area contributed by atoms with Crippen molar-refractivity contribution < 1.29 is 14.6 Å². The third kappa shape index (κ3) is 6.57. The molecular weight excluding hydrogens is 316 g/mol. The van der Waals surface area contributed by atoms with Gasteiger partial charge in [0.1, 0.15) is 5.75 Å². The number of carbonyl (C=O) groups excluding carboxylic acids is 1. The van der Waals surface area contributed by atoms with Crippen LogP contribution in [-0.2, 0) is 11.3 Å². The largest absolute Gasteiger partial charge is 0.484 e. The molecule has 134 valence electrons. The second-order valence-electron chi connectivity index (χ2n) is 6.02. The molecule has 1 atom stereocenters. The average molecular weight is 342 g/mol. The Bertz CT molecular complexity index is 667. The molecule has 5 nitrogen and oxygen atoms in total. The molecule has 0 saturated heterocycles. The molecule has 0 bridgehead atoms. The van der Waals surface area contributed by atoms with Crippen molar-refractivity contribution in [3.63, 3.8) is 0 Å². The molecule has 0 fully saturated rings. The van der Waals surface area contributed by atoms with Gasteiger partial charge < -0.3 is 20.5 Å². The number of anilines is 1. The fourth-order valence-electron chi connectivity index (χ4n) is 2.33. The van der Waals surface area contributed by atoms with E-state index in [9.17, 15) is 9.90 Å². The highest BCUT2D eigenvalue weighted by molar-refractivity contribution is 5.91. The summed E-state index contributed by atoms with van der Waals surface area (Å²) in [7, 11) is 0. The number of hydrogen-bond acceptors (Lipinski definition) is 4. The van der Waals surface area contributed by atoms with Crippen molar-refractivity contribution in [3.8, 4) is 5.75 Å². The smallest absolute Gasteiger partial charge is 0.262 e. The minimum absolute atomic E-state index is 0.0427. The quantitative estimate of drug-likeness (QED) is 0.655. The van der Waals surface area contributed by atoms with Crippen LogP contribution in [-0.4, -0.2) is 30.3 Å². The van der Waals surface area contributed by atoms with E-state index in [-0.39, 0.29) is 25.2 Å². The Morgan fingerprint density at radius 1 is 1.20 bits per heavy atom. The van der Waals surface area contributed by atoms with Crippen LogP contribution in [0.1, 0.15) is 24.5 Å². The highest BCUT2D eigenvalue weighted by Gasteiger charge is 2.06. The van der Waals surface area contributed by atoms with Gasteiger partial charge in [0.2, 0.25) is 0 Å². The molecule has 0 aliphatic carbocycles. The number of aliphatic hydroxyl groups excluding tert-OH is 1. The summed E-state index contributed by atoms with van der Waals surface area (Å²) in [6.45, 7) is 4.75. The van der Waals surface area contributed by atoms with Crippen molar-refractivity contribution >= 4 is 11.6 Å². The summed E-state index contributed by atoms with van der Waals surface area (Å²) in [5.41, 5.74) is 2.95. The molecule has 0 radical (unpaired) electrons. The van der Waals surface area contributed by atoms with Crippen molar-refractivity contribution in [2.24, 2.45) is 0 Å². The number of hydrogen-bond donors (Lipinski definition) is 3. The zero-order chi connectivity index (χ0) is 18.1. The summed E-state index contributed by atoms with van der Waals surface area (Å²) >= 11 is 0. The van der Waals surface area contributed by atoms with Gasteiger partial charge >= 0.3 is 0 Å². The molecule has 0 spiro atoms. The molecule has 0 aromatic heterocycles. The lowest BCUT2D eigenvalue weighted by Crippen LogP contribution is -2.31.